The number of rotatable bonds is 9. The lowest BCUT2D eigenvalue weighted by Crippen LogP contribution is -2.39. The predicted molar refractivity (Wildman–Crippen MR) is 123 cm³/mol. The zero-order valence-electron chi connectivity index (χ0n) is 18.1. The van der Waals surface area contributed by atoms with Gasteiger partial charge in [0, 0.05) is 25.1 Å². The van der Waals surface area contributed by atoms with Crippen molar-refractivity contribution < 1.29 is 9.26 Å². The molecule has 1 heterocycles. The predicted octanol–water partition coefficient (Wildman–Crippen LogP) is 4.03. The fourth-order valence-corrected chi connectivity index (χ4v) is 3.45. The molecule has 1 aliphatic carbocycles. The highest BCUT2D eigenvalue weighted by Crippen LogP contribution is 2.30. The van der Waals surface area contributed by atoms with Crippen LogP contribution in [0.4, 0.5) is 0 Å². The van der Waals surface area contributed by atoms with Gasteiger partial charge in [-0.25, -0.2) is 4.99 Å². The lowest BCUT2D eigenvalue weighted by atomic mass is 9.97. The number of aliphatic imine (C=N–C) groups is 1. The zero-order chi connectivity index (χ0) is 19.7. The van der Waals surface area contributed by atoms with Crippen LogP contribution in [0, 0.1) is 5.92 Å². The van der Waals surface area contributed by atoms with E-state index < -0.39 is 0 Å². The largest absolute Gasteiger partial charge is 0.378 e. The van der Waals surface area contributed by atoms with Crippen molar-refractivity contribution in [2.75, 3.05) is 19.7 Å². The minimum absolute atomic E-state index is 0. The van der Waals surface area contributed by atoms with Crippen molar-refractivity contribution in [2.24, 2.45) is 10.9 Å². The minimum Gasteiger partial charge on any atom is -0.378 e. The third kappa shape index (κ3) is 8.23. The second-order valence-electron chi connectivity index (χ2n) is 8.21. The summed E-state index contributed by atoms with van der Waals surface area (Å²) in [6.07, 6.45) is 6.62. The average molecular weight is 507 g/mol. The highest BCUT2D eigenvalue weighted by Gasteiger charge is 2.25. The number of hydrogen-bond acceptors (Lipinski definition) is 5. The Morgan fingerprint density at radius 3 is 2.54 bits per heavy atom. The van der Waals surface area contributed by atoms with E-state index in [1.54, 1.807) is 0 Å². The Kier molecular flexibility index (Phi) is 11.3. The topological polar surface area (TPSA) is 84.6 Å². The van der Waals surface area contributed by atoms with Gasteiger partial charge in [0.15, 0.2) is 11.8 Å². The molecule has 2 rings (SSSR count). The molecule has 0 saturated heterocycles. The molecule has 7 nitrogen and oxygen atoms in total. The van der Waals surface area contributed by atoms with Gasteiger partial charge in [-0.15, -0.1) is 24.0 Å². The van der Waals surface area contributed by atoms with Crippen molar-refractivity contribution >= 4 is 29.9 Å². The van der Waals surface area contributed by atoms with Crippen molar-refractivity contribution in [3.63, 3.8) is 0 Å². The fourth-order valence-electron chi connectivity index (χ4n) is 3.45. The minimum atomic E-state index is -0.147. The van der Waals surface area contributed by atoms with E-state index in [0.717, 1.165) is 32.1 Å². The molecule has 1 saturated carbocycles. The number of hydrogen-bond donors (Lipinski definition) is 2. The molecule has 1 atom stereocenters. The van der Waals surface area contributed by atoms with Crippen LogP contribution in [-0.4, -0.2) is 41.9 Å². The zero-order valence-corrected chi connectivity index (χ0v) is 20.4. The van der Waals surface area contributed by atoms with Crippen molar-refractivity contribution in [3.05, 3.63) is 11.7 Å². The van der Waals surface area contributed by atoms with Crippen LogP contribution in [0.5, 0.6) is 0 Å². The van der Waals surface area contributed by atoms with Crippen LogP contribution < -0.4 is 10.6 Å². The lowest BCUT2D eigenvalue weighted by Gasteiger charge is -2.24. The van der Waals surface area contributed by atoms with Crippen LogP contribution in [0.25, 0.3) is 0 Å². The van der Waals surface area contributed by atoms with E-state index in [1.807, 2.05) is 0 Å². The SMILES string of the molecule is CCNC(=NCc1noc(C(C)(C)C)n1)NCCC(OCC)C1CCCC1.I. The molecule has 2 N–H and O–H groups in total. The van der Waals surface area contributed by atoms with Crippen LogP contribution in [0.2, 0.25) is 0 Å². The summed E-state index contributed by atoms with van der Waals surface area (Å²) in [6, 6.07) is 0. The van der Waals surface area contributed by atoms with Gasteiger partial charge >= 0.3 is 0 Å². The number of ether oxygens (including phenoxy) is 1. The van der Waals surface area contributed by atoms with Gasteiger partial charge in [-0.05, 0) is 39.0 Å². The van der Waals surface area contributed by atoms with E-state index in [2.05, 4.69) is 60.4 Å². The molecule has 28 heavy (non-hydrogen) atoms. The van der Waals surface area contributed by atoms with Crippen molar-refractivity contribution in [1.82, 2.24) is 20.8 Å². The Bertz CT molecular complexity index is 579. The molecule has 1 unspecified atom stereocenters. The number of halogens is 1. The number of nitrogens with one attached hydrogen (secondary N) is 2. The first kappa shape index (κ1) is 25.1. The molecule has 0 spiro atoms. The standard InChI is InChI=1S/C20H37N5O2.HI/c1-6-21-19(23-14-17-24-18(27-25-17)20(3,4)5)22-13-12-16(26-7-2)15-10-8-9-11-15;/h15-16H,6-14H2,1-5H3,(H2,21,22,23);1H. The van der Waals surface area contributed by atoms with E-state index in [-0.39, 0.29) is 29.4 Å². The molecule has 0 aliphatic heterocycles. The summed E-state index contributed by atoms with van der Waals surface area (Å²) in [5.74, 6) is 2.74. The second-order valence-corrected chi connectivity index (χ2v) is 8.21. The summed E-state index contributed by atoms with van der Waals surface area (Å²) in [7, 11) is 0. The van der Waals surface area contributed by atoms with Crippen LogP contribution in [0.1, 0.15) is 78.4 Å². The fraction of sp³-hybridized carbons (Fsp3) is 0.850. The van der Waals surface area contributed by atoms with Gasteiger partial charge < -0.3 is 19.9 Å². The molecular formula is C20H38IN5O2. The van der Waals surface area contributed by atoms with Gasteiger partial charge in [0.25, 0.3) is 0 Å². The van der Waals surface area contributed by atoms with E-state index in [4.69, 9.17) is 9.26 Å². The molecule has 0 radical (unpaired) electrons. The Morgan fingerprint density at radius 1 is 1.25 bits per heavy atom. The van der Waals surface area contributed by atoms with Gasteiger partial charge in [-0.3, -0.25) is 0 Å². The third-order valence-electron chi connectivity index (χ3n) is 4.86. The van der Waals surface area contributed by atoms with E-state index in [9.17, 15) is 0 Å². The van der Waals surface area contributed by atoms with Gasteiger partial charge in [-0.2, -0.15) is 4.98 Å². The Morgan fingerprint density at radius 2 is 1.96 bits per heavy atom. The van der Waals surface area contributed by atoms with Crippen molar-refractivity contribution in [3.8, 4) is 0 Å². The molecule has 0 amide bonds. The van der Waals surface area contributed by atoms with Gasteiger partial charge in [0.2, 0.25) is 5.89 Å². The number of aromatic nitrogens is 2. The Hall–Kier alpha value is -0.900. The van der Waals surface area contributed by atoms with Gasteiger partial charge in [0.1, 0.15) is 6.54 Å². The van der Waals surface area contributed by atoms with Crippen LogP contribution in [0.3, 0.4) is 0 Å². The summed E-state index contributed by atoms with van der Waals surface area (Å²) >= 11 is 0. The number of guanidine groups is 1. The first-order chi connectivity index (χ1) is 12.9. The Balaban J connectivity index is 0.00000392. The Labute approximate surface area is 186 Å². The normalized spacial score (nSPS) is 16.7. The summed E-state index contributed by atoms with van der Waals surface area (Å²) in [5.41, 5.74) is -0.147. The molecule has 1 fully saturated rings. The molecule has 162 valence electrons. The first-order valence-corrected chi connectivity index (χ1v) is 10.4. The molecule has 1 aromatic heterocycles. The molecule has 0 bridgehead atoms. The monoisotopic (exact) mass is 507 g/mol. The highest BCUT2D eigenvalue weighted by atomic mass is 127. The average Bonchev–Trinajstić information content (AvgIpc) is 3.30. The van der Waals surface area contributed by atoms with Gasteiger partial charge in [-0.1, -0.05) is 38.8 Å². The maximum Gasteiger partial charge on any atom is 0.232 e. The first-order valence-electron chi connectivity index (χ1n) is 10.4. The van der Waals surface area contributed by atoms with Crippen LogP contribution >= 0.6 is 24.0 Å². The van der Waals surface area contributed by atoms with Crippen molar-refractivity contribution in [2.45, 2.75) is 84.8 Å². The van der Waals surface area contributed by atoms with Crippen LogP contribution in [-0.2, 0) is 16.7 Å². The lowest BCUT2D eigenvalue weighted by molar-refractivity contribution is 0.0169. The van der Waals surface area contributed by atoms with Crippen molar-refractivity contribution in [1.29, 1.82) is 0 Å². The van der Waals surface area contributed by atoms with E-state index >= 15 is 0 Å². The maximum absolute atomic E-state index is 6.00. The van der Waals surface area contributed by atoms with Crippen LogP contribution in [0.15, 0.2) is 9.52 Å². The molecule has 1 aliphatic rings. The summed E-state index contributed by atoms with van der Waals surface area (Å²) in [6.45, 7) is 13.1. The van der Waals surface area contributed by atoms with E-state index in [1.165, 1.54) is 25.7 Å². The van der Waals surface area contributed by atoms with Gasteiger partial charge in [0.05, 0.1) is 6.10 Å². The second kappa shape index (κ2) is 12.6. The van der Waals surface area contributed by atoms with E-state index in [0.29, 0.717) is 30.3 Å². The molecular weight excluding hydrogens is 469 g/mol. The molecule has 8 heteroatoms. The molecule has 0 aromatic carbocycles. The summed E-state index contributed by atoms with van der Waals surface area (Å²) < 4.78 is 11.3. The maximum atomic E-state index is 6.00. The highest BCUT2D eigenvalue weighted by molar-refractivity contribution is 14.0. The number of nitrogens with zero attached hydrogens (tertiary/aromatic N) is 3. The molecule has 1 aromatic rings. The summed E-state index contributed by atoms with van der Waals surface area (Å²) in [5, 5.41) is 10.7. The smallest absolute Gasteiger partial charge is 0.232 e. The summed E-state index contributed by atoms with van der Waals surface area (Å²) in [4.78, 5) is 9.03. The third-order valence-corrected chi connectivity index (χ3v) is 4.86. The quantitative estimate of drug-likeness (QED) is 0.298.